The second-order valence-corrected chi connectivity index (χ2v) is 15.8. The summed E-state index contributed by atoms with van der Waals surface area (Å²) in [7, 11) is 0. The maximum atomic E-state index is 15.3. The molecule has 7 rings (SSSR count). The van der Waals surface area contributed by atoms with Crippen molar-refractivity contribution in [1.29, 1.82) is 0 Å². The van der Waals surface area contributed by atoms with Gasteiger partial charge in [0.25, 0.3) is 0 Å². The van der Waals surface area contributed by atoms with Crippen LogP contribution in [0, 0.1) is 5.82 Å². The van der Waals surface area contributed by atoms with Crippen molar-refractivity contribution in [2.24, 2.45) is 0 Å². The minimum absolute atomic E-state index is 0.0331. The zero-order valence-corrected chi connectivity index (χ0v) is 35.0. The predicted octanol–water partition coefficient (Wildman–Crippen LogP) is 6.33. The number of carbonyl (C=O) groups is 5. The molecule has 0 bridgehead atoms. The summed E-state index contributed by atoms with van der Waals surface area (Å²) in [5, 5.41) is 8.47. The molecule has 0 spiro atoms. The minimum atomic E-state index is -0.846. The second kappa shape index (κ2) is 19.4. The molecule has 2 aliphatic heterocycles. The number of ketones is 1. The molecule has 2 heterocycles. The number of cyclic esters (lactones) is 1. The van der Waals surface area contributed by atoms with Gasteiger partial charge in [-0.1, -0.05) is 91.9 Å². The van der Waals surface area contributed by atoms with E-state index >= 15 is 4.39 Å². The number of fused-ring (bicyclic) bond motifs is 3. The van der Waals surface area contributed by atoms with Crippen LogP contribution >= 0.6 is 12.2 Å². The normalized spacial score (nSPS) is 16.3. The summed E-state index contributed by atoms with van der Waals surface area (Å²) in [5.74, 6) is -1.29. The lowest BCUT2D eigenvalue weighted by atomic mass is 9.98. The molecule has 2 atom stereocenters. The smallest absolute Gasteiger partial charge is 0.414 e. The lowest BCUT2D eigenvalue weighted by Gasteiger charge is -2.36. The van der Waals surface area contributed by atoms with E-state index in [0.29, 0.717) is 61.1 Å². The largest absolute Gasteiger partial charge is 0.449 e. The van der Waals surface area contributed by atoms with Gasteiger partial charge in [-0.2, -0.15) is 0 Å². The van der Waals surface area contributed by atoms with Crippen LogP contribution in [0.5, 0.6) is 0 Å². The predicted molar refractivity (Wildman–Crippen MR) is 233 cm³/mol. The highest BCUT2D eigenvalue weighted by Gasteiger charge is 2.34. The van der Waals surface area contributed by atoms with Gasteiger partial charge in [0.1, 0.15) is 24.6 Å². The summed E-state index contributed by atoms with van der Waals surface area (Å²) in [4.78, 5) is 69.6. The number of hydrogen-bond donors (Lipinski definition) is 3. The molecule has 2 saturated heterocycles. The number of amides is 4. The van der Waals surface area contributed by atoms with Crippen molar-refractivity contribution in [3.63, 3.8) is 0 Å². The van der Waals surface area contributed by atoms with Crippen LogP contribution in [0.4, 0.5) is 25.4 Å². The Kier molecular flexibility index (Phi) is 13.6. The molecular formula is C46H49FN6O7S. The van der Waals surface area contributed by atoms with Crippen molar-refractivity contribution >= 4 is 58.4 Å². The fraction of sp³-hybridized carbons (Fsp3) is 0.348. The van der Waals surface area contributed by atoms with Crippen LogP contribution in [0.1, 0.15) is 66.1 Å². The lowest BCUT2D eigenvalue weighted by molar-refractivity contribution is -0.131. The van der Waals surface area contributed by atoms with Crippen molar-refractivity contribution in [2.75, 3.05) is 55.7 Å². The standard InChI is InChI=1S/C46H49FN6O7S/c1-3-42(61)48-26-33-27-53(46(58)60-33)32-16-17-40(39(47)24-32)51-20-22-52(23-21-51)43(55)19-18-41(54)31-14-12-30(13-15-31)25-49-44(56)29(2)50-45(57)59-28-38-36-10-6-4-8-34(36)35-9-5-7-11-37(35)38/h4-17,24,29,33,38H,3,18-23,25-28H2,1-2H3,(H,48,61)(H,49,56)(H,50,57)/t29?,33-/m0/s1. The molecule has 4 aromatic rings. The van der Waals surface area contributed by atoms with E-state index in [1.165, 1.54) is 11.0 Å². The number of alkyl carbamates (subject to hydrolysis) is 1. The van der Waals surface area contributed by atoms with Crippen molar-refractivity contribution in [1.82, 2.24) is 20.9 Å². The number of ether oxygens (including phenoxy) is 2. The Hall–Kier alpha value is -6.35. The van der Waals surface area contributed by atoms with Gasteiger partial charge in [0.05, 0.1) is 29.5 Å². The molecule has 1 aliphatic carbocycles. The Bertz CT molecular complexity index is 2250. The Morgan fingerprint density at radius 1 is 0.885 bits per heavy atom. The average Bonchev–Trinajstić information content (AvgIpc) is 3.82. The number of benzene rings is 4. The average molecular weight is 849 g/mol. The van der Waals surface area contributed by atoms with Crippen LogP contribution in [-0.2, 0) is 25.6 Å². The first-order valence-corrected chi connectivity index (χ1v) is 21.0. The fourth-order valence-corrected chi connectivity index (χ4v) is 7.95. The first kappa shape index (κ1) is 42.8. The van der Waals surface area contributed by atoms with E-state index in [-0.39, 0.29) is 50.1 Å². The number of hydrogen-bond acceptors (Lipinski definition) is 9. The number of halogens is 1. The summed E-state index contributed by atoms with van der Waals surface area (Å²) in [6.45, 7) is 6.08. The molecule has 0 aromatic heterocycles. The minimum Gasteiger partial charge on any atom is -0.449 e. The van der Waals surface area contributed by atoms with Crippen LogP contribution in [0.2, 0.25) is 0 Å². The van der Waals surface area contributed by atoms with E-state index in [2.05, 4.69) is 28.1 Å². The molecule has 4 aromatic carbocycles. The summed E-state index contributed by atoms with van der Waals surface area (Å²) >= 11 is 5.18. The van der Waals surface area contributed by atoms with Crippen molar-refractivity contribution in [2.45, 2.75) is 57.7 Å². The maximum absolute atomic E-state index is 15.3. The van der Waals surface area contributed by atoms with E-state index in [1.807, 2.05) is 48.2 Å². The molecule has 2 fully saturated rings. The van der Waals surface area contributed by atoms with Crippen LogP contribution in [0.15, 0.2) is 91.0 Å². The van der Waals surface area contributed by atoms with Gasteiger partial charge in [-0.25, -0.2) is 14.0 Å². The quantitative estimate of drug-likeness (QED) is 0.0916. The van der Waals surface area contributed by atoms with Crippen LogP contribution < -0.4 is 25.8 Å². The number of nitrogens with one attached hydrogen (secondary N) is 3. The van der Waals surface area contributed by atoms with Gasteiger partial charge in [-0.3, -0.25) is 19.3 Å². The number of nitrogens with zero attached hydrogens (tertiary/aromatic N) is 3. The zero-order valence-electron chi connectivity index (χ0n) is 34.2. The highest BCUT2D eigenvalue weighted by Crippen LogP contribution is 2.44. The van der Waals surface area contributed by atoms with Crippen LogP contribution in [-0.4, -0.2) is 97.7 Å². The van der Waals surface area contributed by atoms with E-state index in [0.717, 1.165) is 27.8 Å². The highest BCUT2D eigenvalue weighted by atomic mass is 32.1. The summed E-state index contributed by atoms with van der Waals surface area (Å²) in [5.41, 5.74) is 6.44. The van der Waals surface area contributed by atoms with Gasteiger partial charge in [0, 0.05) is 57.0 Å². The third-order valence-electron chi connectivity index (χ3n) is 11.3. The van der Waals surface area contributed by atoms with E-state index in [1.54, 1.807) is 48.2 Å². The molecule has 15 heteroatoms. The second-order valence-electron chi connectivity index (χ2n) is 15.3. The van der Waals surface area contributed by atoms with Gasteiger partial charge in [-0.15, -0.1) is 0 Å². The number of thiocarbonyl (C=S) groups is 1. The maximum Gasteiger partial charge on any atom is 0.414 e. The molecule has 3 N–H and O–H groups in total. The zero-order chi connectivity index (χ0) is 43.0. The molecule has 0 radical (unpaired) electrons. The molecule has 1 unspecified atom stereocenters. The Morgan fingerprint density at radius 2 is 1.56 bits per heavy atom. The van der Waals surface area contributed by atoms with E-state index in [9.17, 15) is 24.0 Å². The van der Waals surface area contributed by atoms with Gasteiger partial charge in [-0.05, 0) is 59.4 Å². The van der Waals surface area contributed by atoms with E-state index < -0.39 is 36.1 Å². The first-order valence-electron chi connectivity index (χ1n) is 20.6. The van der Waals surface area contributed by atoms with Gasteiger partial charge in [0.2, 0.25) is 11.8 Å². The molecule has 318 valence electrons. The number of piperazine rings is 1. The summed E-state index contributed by atoms with van der Waals surface area (Å²) in [6, 6.07) is 26.7. The molecule has 4 amide bonds. The molecule has 61 heavy (non-hydrogen) atoms. The SMILES string of the molecule is CCC(=S)NC[C@H]1CN(c2ccc(N3CCN(C(=O)CCC(=O)c4ccc(CNC(=O)C(C)NC(=O)OCC5c6ccccc6-c6ccccc65)cc4)CC3)c(F)c2)C(=O)O1. The topological polar surface area (TPSA) is 150 Å². The number of anilines is 2. The van der Waals surface area contributed by atoms with Crippen molar-refractivity contribution in [3.05, 3.63) is 119 Å². The van der Waals surface area contributed by atoms with Gasteiger partial charge >= 0.3 is 12.2 Å². The Balaban J connectivity index is 0.800. The monoisotopic (exact) mass is 848 g/mol. The summed E-state index contributed by atoms with van der Waals surface area (Å²) < 4.78 is 26.3. The van der Waals surface area contributed by atoms with E-state index in [4.69, 9.17) is 21.7 Å². The lowest BCUT2D eigenvalue weighted by Crippen LogP contribution is -2.49. The van der Waals surface area contributed by atoms with Crippen LogP contribution in [0.3, 0.4) is 0 Å². The summed E-state index contributed by atoms with van der Waals surface area (Å²) in [6.07, 6.45) is -0.865. The fourth-order valence-electron chi connectivity index (χ4n) is 7.86. The molecular weight excluding hydrogens is 800 g/mol. The van der Waals surface area contributed by atoms with Gasteiger partial charge in [0.15, 0.2) is 5.78 Å². The Morgan fingerprint density at radius 3 is 2.21 bits per heavy atom. The number of carbonyl (C=O) groups excluding carboxylic acids is 5. The molecule has 0 saturated carbocycles. The third-order valence-corrected chi connectivity index (χ3v) is 11.8. The highest BCUT2D eigenvalue weighted by molar-refractivity contribution is 7.80. The first-order chi connectivity index (χ1) is 29.5. The molecule has 3 aliphatic rings. The molecule has 13 nitrogen and oxygen atoms in total. The number of rotatable bonds is 15. The number of Topliss-reactive ketones (excluding diaryl/α,β-unsaturated/α-hetero) is 1. The van der Waals surface area contributed by atoms with Crippen molar-refractivity contribution < 1.29 is 37.8 Å². The third kappa shape index (κ3) is 10.2. The Labute approximate surface area is 359 Å². The van der Waals surface area contributed by atoms with Crippen molar-refractivity contribution in [3.8, 4) is 11.1 Å². The van der Waals surface area contributed by atoms with Gasteiger partial charge < -0.3 is 35.2 Å². The van der Waals surface area contributed by atoms with Crippen LogP contribution in [0.25, 0.3) is 11.1 Å².